The highest BCUT2D eigenvalue weighted by Gasteiger charge is 2.08. The third-order valence-corrected chi connectivity index (χ3v) is 2.34. The number of hydrogen-bond donors (Lipinski definition) is 3. The number of carbonyl (C=O) groups excluding carboxylic acids is 1. The van der Waals surface area contributed by atoms with Gasteiger partial charge in [-0.3, -0.25) is 0 Å². The standard InChI is InChI=1S/C13H19FN2O2/c1-9(2)7-12(17)8-15-13(18)16-11-5-3-10(14)4-6-11/h3-6,9,12,17H,7-8H2,1-2H3,(H2,15,16,18). The number of urea groups is 1. The van der Waals surface area contributed by atoms with E-state index in [2.05, 4.69) is 10.6 Å². The van der Waals surface area contributed by atoms with Crippen LogP contribution in [0, 0.1) is 11.7 Å². The molecule has 0 bridgehead atoms. The van der Waals surface area contributed by atoms with E-state index in [0.717, 1.165) is 0 Å². The molecule has 0 aliphatic heterocycles. The van der Waals surface area contributed by atoms with E-state index in [0.29, 0.717) is 18.0 Å². The number of amides is 2. The second-order valence-electron chi connectivity index (χ2n) is 4.63. The lowest BCUT2D eigenvalue weighted by Gasteiger charge is -2.14. The summed E-state index contributed by atoms with van der Waals surface area (Å²) in [5.74, 6) is 0.0234. The van der Waals surface area contributed by atoms with E-state index in [1.165, 1.54) is 24.3 Å². The van der Waals surface area contributed by atoms with Crippen LogP contribution in [0.15, 0.2) is 24.3 Å². The van der Waals surface area contributed by atoms with E-state index in [1.54, 1.807) is 0 Å². The van der Waals surface area contributed by atoms with Crippen molar-refractivity contribution in [3.63, 3.8) is 0 Å². The number of nitrogens with one attached hydrogen (secondary N) is 2. The van der Waals surface area contributed by atoms with Gasteiger partial charge >= 0.3 is 6.03 Å². The van der Waals surface area contributed by atoms with E-state index in [1.807, 2.05) is 13.8 Å². The van der Waals surface area contributed by atoms with Gasteiger partial charge in [0.2, 0.25) is 0 Å². The van der Waals surface area contributed by atoms with E-state index >= 15 is 0 Å². The van der Waals surface area contributed by atoms with Crippen LogP contribution in [0.5, 0.6) is 0 Å². The minimum absolute atomic E-state index is 0.200. The first-order chi connectivity index (χ1) is 8.47. The normalized spacial score (nSPS) is 12.3. The Morgan fingerprint density at radius 2 is 1.94 bits per heavy atom. The molecule has 1 aromatic carbocycles. The quantitative estimate of drug-likeness (QED) is 0.755. The zero-order valence-corrected chi connectivity index (χ0v) is 10.6. The highest BCUT2D eigenvalue weighted by Crippen LogP contribution is 2.08. The molecule has 0 aliphatic rings. The van der Waals surface area contributed by atoms with Crippen molar-refractivity contribution in [2.75, 3.05) is 11.9 Å². The maximum absolute atomic E-state index is 12.6. The molecule has 0 aromatic heterocycles. The number of anilines is 1. The van der Waals surface area contributed by atoms with Gasteiger partial charge in [0.05, 0.1) is 6.10 Å². The van der Waals surface area contributed by atoms with E-state index in [-0.39, 0.29) is 12.4 Å². The van der Waals surface area contributed by atoms with Crippen molar-refractivity contribution in [1.82, 2.24) is 5.32 Å². The molecule has 4 nitrogen and oxygen atoms in total. The molecule has 1 aromatic rings. The third-order valence-electron chi connectivity index (χ3n) is 2.34. The molecule has 100 valence electrons. The summed E-state index contributed by atoms with van der Waals surface area (Å²) < 4.78 is 12.6. The highest BCUT2D eigenvalue weighted by atomic mass is 19.1. The van der Waals surface area contributed by atoms with Gasteiger partial charge < -0.3 is 15.7 Å². The van der Waals surface area contributed by atoms with E-state index in [9.17, 15) is 14.3 Å². The molecule has 0 fully saturated rings. The van der Waals surface area contributed by atoms with Gasteiger partial charge in [0.25, 0.3) is 0 Å². The molecule has 18 heavy (non-hydrogen) atoms. The van der Waals surface area contributed by atoms with E-state index in [4.69, 9.17) is 0 Å². The monoisotopic (exact) mass is 254 g/mol. The number of benzene rings is 1. The summed E-state index contributed by atoms with van der Waals surface area (Å²) >= 11 is 0. The van der Waals surface area contributed by atoms with Crippen LogP contribution in [-0.2, 0) is 0 Å². The van der Waals surface area contributed by atoms with Crippen LogP contribution in [0.3, 0.4) is 0 Å². The van der Waals surface area contributed by atoms with Crippen LogP contribution < -0.4 is 10.6 Å². The van der Waals surface area contributed by atoms with Crippen molar-refractivity contribution < 1.29 is 14.3 Å². The Labute approximate surface area is 106 Å². The molecule has 1 atom stereocenters. The van der Waals surface area contributed by atoms with Crippen LogP contribution >= 0.6 is 0 Å². The van der Waals surface area contributed by atoms with Crippen LogP contribution in [-0.4, -0.2) is 23.8 Å². The zero-order chi connectivity index (χ0) is 13.5. The first-order valence-corrected chi connectivity index (χ1v) is 5.96. The van der Waals surface area contributed by atoms with Gasteiger partial charge in [-0.05, 0) is 36.6 Å². The number of rotatable bonds is 5. The molecule has 0 saturated heterocycles. The number of halogens is 1. The Morgan fingerprint density at radius 3 is 2.50 bits per heavy atom. The fraction of sp³-hybridized carbons (Fsp3) is 0.462. The maximum atomic E-state index is 12.6. The molecule has 5 heteroatoms. The lowest BCUT2D eigenvalue weighted by molar-refractivity contribution is 0.148. The lowest BCUT2D eigenvalue weighted by atomic mass is 10.1. The summed E-state index contributed by atoms with van der Waals surface area (Å²) in [6.07, 6.45) is 0.0839. The van der Waals surface area contributed by atoms with Gasteiger partial charge in [0.1, 0.15) is 5.82 Å². The lowest BCUT2D eigenvalue weighted by Crippen LogP contribution is -2.35. The van der Waals surface area contributed by atoms with Crippen molar-refractivity contribution in [1.29, 1.82) is 0 Å². The predicted octanol–water partition coefficient (Wildman–Crippen LogP) is 2.35. The van der Waals surface area contributed by atoms with Crippen molar-refractivity contribution in [3.05, 3.63) is 30.1 Å². The molecule has 0 saturated carbocycles. The molecule has 2 amide bonds. The second-order valence-corrected chi connectivity index (χ2v) is 4.63. The number of carbonyl (C=O) groups is 1. The molecule has 3 N–H and O–H groups in total. The first kappa shape index (κ1) is 14.4. The SMILES string of the molecule is CC(C)CC(O)CNC(=O)Nc1ccc(F)cc1. The average Bonchev–Trinajstić information content (AvgIpc) is 2.29. The van der Waals surface area contributed by atoms with Crippen LogP contribution in [0.4, 0.5) is 14.9 Å². The maximum Gasteiger partial charge on any atom is 0.319 e. The van der Waals surface area contributed by atoms with E-state index < -0.39 is 12.1 Å². The highest BCUT2D eigenvalue weighted by molar-refractivity contribution is 5.89. The summed E-state index contributed by atoms with van der Waals surface area (Å²) in [5, 5.41) is 14.7. The van der Waals surface area contributed by atoms with Crippen LogP contribution in [0.25, 0.3) is 0 Å². The van der Waals surface area contributed by atoms with Crippen molar-refractivity contribution in [3.8, 4) is 0 Å². The summed E-state index contributed by atoms with van der Waals surface area (Å²) in [7, 11) is 0. The Bertz CT molecular complexity index is 379. The van der Waals surface area contributed by atoms with Crippen molar-refractivity contribution in [2.45, 2.75) is 26.4 Å². The van der Waals surface area contributed by atoms with Gasteiger partial charge in [-0.2, -0.15) is 0 Å². The minimum Gasteiger partial charge on any atom is -0.391 e. The van der Waals surface area contributed by atoms with Crippen molar-refractivity contribution in [2.24, 2.45) is 5.92 Å². The van der Waals surface area contributed by atoms with Gasteiger partial charge in [0, 0.05) is 12.2 Å². The van der Waals surface area contributed by atoms with Gasteiger partial charge in [-0.15, -0.1) is 0 Å². The molecule has 0 spiro atoms. The smallest absolute Gasteiger partial charge is 0.319 e. The molecule has 1 unspecified atom stereocenters. The molecule has 0 radical (unpaired) electrons. The molecular formula is C13H19FN2O2. The van der Waals surface area contributed by atoms with Crippen LogP contribution in [0.2, 0.25) is 0 Å². The Morgan fingerprint density at radius 1 is 1.33 bits per heavy atom. The topological polar surface area (TPSA) is 61.4 Å². The third kappa shape index (κ3) is 5.63. The largest absolute Gasteiger partial charge is 0.391 e. The predicted molar refractivity (Wildman–Crippen MR) is 68.9 cm³/mol. The Kier molecular flexibility index (Phi) is 5.58. The summed E-state index contributed by atoms with van der Waals surface area (Å²) in [5.41, 5.74) is 0.507. The number of aliphatic hydroxyl groups excluding tert-OH is 1. The fourth-order valence-electron chi connectivity index (χ4n) is 1.55. The molecular weight excluding hydrogens is 235 g/mol. The first-order valence-electron chi connectivity index (χ1n) is 5.96. The zero-order valence-electron chi connectivity index (χ0n) is 10.6. The summed E-state index contributed by atoms with van der Waals surface area (Å²) in [6, 6.07) is 5.06. The average molecular weight is 254 g/mol. The number of hydrogen-bond acceptors (Lipinski definition) is 2. The molecule has 0 heterocycles. The summed E-state index contributed by atoms with van der Waals surface area (Å²) in [4.78, 5) is 11.5. The Hall–Kier alpha value is -1.62. The van der Waals surface area contributed by atoms with Gasteiger partial charge in [0.15, 0.2) is 0 Å². The van der Waals surface area contributed by atoms with Crippen molar-refractivity contribution >= 4 is 11.7 Å². The van der Waals surface area contributed by atoms with Gasteiger partial charge in [-0.1, -0.05) is 13.8 Å². The van der Waals surface area contributed by atoms with Gasteiger partial charge in [-0.25, -0.2) is 9.18 Å². The second kappa shape index (κ2) is 6.96. The Balaban J connectivity index is 2.31. The fourth-order valence-corrected chi connectivity index (χ4v) is 1.55. The molecule has 0 aliphatic carbocycles. The van der Waals surface area contributed by atoms with Crippen LogP contribution in [0.1, 0.15) is 20.3 Å². The molecule has 1 rings (SSSR count). The number of aliphatic hydroxyl groups is 1. The minimum atomic E-state index is -0.552. The summed E-state index contributed by atoms with van der Waals surface area (Å²) in [6.45, 7) is 4.20.